The Balaban J connectivity index is 1.70. The lowest BCUT2D eigenvalue weighted by Crippen LogP contribution is -2.34. The molecule has 0 radical (unpaired) electrons. The number of amides is 1. The fraction of sp³-hybridized carbons (Fsp3) is 0.611. The minimum atomic E-state index is 0.115. The highest BCUT2D eigenvalue weighted by molar-refractivity contribution is 6.31. The van der Waals surface area contributed by atoms with Crippen molar-refractivity contribution < 1.29 is 4.79 Å². The van der Waals surface area contributed by atoms with Crippen molar-refractivity contribution >= 4 is 17.5 Å². The first-order chi connectivity index (χ1) is 10.7. The van der Waals surface area contributed by atoms with Gasteiger partial charge >= 0.3 is 0 Å². The van der Waals surface area contributed by atoms with E-state index in [1.165, 1.54) is 25.7 Å². The smallest absolute Gasteiger partial charge is 0.227 e. The third kappa shape index (κ3) is 3.31. The molecule has 2 saturated heterocycles. The van der Waals surface area contributed by atoms with Crippen molar-refractivity contribution in [3.8, 4) is 0 Å². The molecule has 1 aromatic carbocycles. The fourth-order valence-electron chi connectivity index (χ4n) is 3.83. The SMILES string of the molecule is CN1C(=O)[C@@H](CN2CCCCCC2)C[C@H]1c1ccccc1Cl. The van der Waals surface area contributed by atoms with Crippen LogP contribution in [0.2, 0.25) is 5.02 Å². The number of likely N-dealkylation sites (tertiary alicyclic amines) is 2. The summed E-state index contributed by atoms with van der Waals surface area (Å²) in [4.78, 5) is 17.0. The number of carbonyl (C=O) groups is 1. The van der Waals surface area contributed by atoms with E-state index in [4.69, 9.17) is 11.6 Å². The van der Waals surface area contributed by atoms with Crippen LogP contribution in [0.25, 0.3) is 0 Å². The third-order valence-corrected chi connectivity index (χ3v) is 5.46. The molecule has 3 nitrogen and oxygen atoms in total. The maximum Gasteiger partial charge on any atom is 0.227 e. The van der Waals surface area contributed by atoms with Crippen LogP contribution in [-0.4, -0.2) is 42.4 Å². The topological polar surface area (TPSA) is 23.6 Å². The van der Waals surface area contributed by atoms with Crippen LogP contribution in [0.5, 0.6) is 0 Å². The van der Waals surface area contributed by atoms with Crippen LogP contribution < -0.4 is 0 Å². The molecule has 0 unspecified atom stereocenters. The lowest BCUT2D eigenvalue weighted by Gasteiger charge is -2.22. The van der Waals surface area contributed by atoms with E-state index in [9.17, 15) is 4.79 Å². The van der Waals surface area contributed by atoms with Crippen LogP contribution >= 0.6 is 11.6 Å². The molecule has 0 saturated carbocycles. The van der Waals surface area contributed by atoms with Gasteiger partial charge in [0.15, 0.2) is 0 Å². The minimum Gasteiger partial charge on any atom is -0.338 e. The first-order valence-corrected chi connectivity index (χ1v) is 8.78. The van der Waals surface area contributed by atoms with Crippen LogP contribution in [0, 0.1) is 5.92 Å². The number of benzene rings is 1. The molecule has 0 aromatic heterocycles. The molecule has 120 valence electrons. The highest BCUT2D eigenvalue weighted by Crippen LogP contribution is 2.38. The van der Waals surface area contributed by atoms with Gasteiger partial charge in [-0.2, -0.15) is 0 Å². The molecule has 1 amide bonds. The van der Waals surface area contributed by atoms with Gasteiger partial charge < -0.3 is 9.80 Å². The van der Waals surface area contributed by atoms with Crippen molar-refractivity contribution in [2.75, 3.05) is 26.7 Å². The van der Waals surface area contributed by atoms with Gasteiger partial charge in [-0.3, -0.25) is 4.79 Å². The van der Waals surface area contributed by atoms with Crippen molar-refractivity contribution in [1.82, 2.24) is 9.80 Å². The Morgan fingerprint density at radius 2 is 1.82 bits per heavy atom. The van der Waals surface area contributed by atoms with Crippen molar-refractivity contribution in [2.45, 2.75) is 38.1 Å². The Bertz CT molecular complexity index is 526. The third-order valence-electron chi connectivity index (χ3n) is 5.11. The summed E-state index contributed by atoms with van der Waals surface area (Å²) < 4.78 is 0. The Morgan fingerprint density at radius 3 is 2.50 bits per heavy atom. The number of halogens is 1. The minimum absolute atomic E-state index is 0.115. The maximum absolute atomic E-state index is 12.6. The Labute approximate surface area is 138 Å². The van der Waals surface area contributed by atoms with Gasteiger partial charge in [0.2, 0.25) is 5.91 Å². The Kier molecular flexibility index (Phi) is 5.04. The Morgan fingerprint density at radius 1 is 1.14 bits per heavy atom. The van der Waals surface area contributed by atoms with E-state index in [1.807, 2.05) is 36.2 Å². The van der Waals surface area contributed by atoms with Gasteiger partial charge in [-0.05, 0) is 44.0 Å². The molecule has 2 aliphatic heterocycles. The van der Waals surface area contributed by atoms with Crippen LogP contribution in [0.4, 0.5) is 0 Å². The lowest BCUT2D eigenvalue weighted by atomic mass is 9.99. The summed E-state index contributed by atoms with van der Waals surface area (Å²) >= 11 is 6.33. The van der Waals surface area contributed by atoms with Gasteiger partial charge in [-0.25, -0.2) is 0 Å². The molecule has 1 aromatic rings. The summed E-state index contributed by atoms with van der Waals surface area (Å²) in [6, 6.07) is 8.03. The van der Waals surface area contributed by atoms with E-state index in [0.717, 1.165) is 36.6 Å². The standard InChI is InChI=1S/C18H25ClN2O/c1-20-17(15-8-4-5-9-16(15)19)12-14(18(20)22)13-21-10-6-2-3-7-11-21/h4-5,8-9,14,17H,2-3,6-7,10-13H2,1H3/t14-,17+/m1/s1. The van der Waals surface area contributed by atoms with E-state index < -0.39 is 0 Å². The molecule has 0 N–H and O–H groups in total. The molecule has 2 atom stereocenters. The molecule has 2 fully saturated rings. The highest BCUT2D eigenvalue weighted by Gasteiger charge is 2.39. The van der Waals surface area contributed by atoms with Crippen LogP contribution in [-0.2, 0) is 4.79 Å². The summed E-state index contributed by atoms with van der Waals surface area (Å²) in [5.74, 6) is 0.388. The monoisotopic (exact) mass is 320 g/mol. The second-order valence-electron chi connectivity index (χ2n) is 6.63. The molecular formula is C18H25ClN2O. The number of hydrogen-bond donors (Lipinski definition) is 0. The van der Waals surface area contributed by atoms with E-state index in [-0.39, 0.29) is 17.9 Å². The maximum atomic E-state index is 12.6. The second kappa shape index (κ2) is 7.01. The number of rotatable bonds is 3. The number of nitrogens with zero attached hydrogens (tertiary/aromatic N) is 2. The van der Waals surface area contributed by atoms with Gasteiger partial charge in [-0.15, -0.1) is 0 Å². The highest BCUT2D eigenvalue weighted by atomic mass is 35.5. The summed E-state index contributed by atoms with van der Waals surface area (Å²) in [6.45, 7) is 3.19. The number of carbonyl (C=O) groups excluding carboxylic acids is 1. The van der Waals surface area contributed by atoms with Gasteiger partial charge in [0, 0.05) is 18.6 Å². The largest absolute Gasteiger partial charge is 0.338 e. The summed E-state index contributed by atoms with van der Waals surface area (Å²) in [6.07, 6.45) is 6.08. The van der Waals surface area contributed by atoms with Crippen LogP contribution in [0.3, 0.4) is 0 Å². The molecule has 0 spiro atoms. The van der Waals surface area contributed by atoms with Gasteiger partial charge in [-0.1, -0.05) is 42.6 Å². The van der Waals surface area contributed by atoms with Crippen LogP contribution in [0.15, 0.2) is 24.3 Å². The van der Waals surface area contributed by atoms with Crippen molar-refractivity contribution in [3.63, 3.8) is 0 Å². The molecule has 0 aliphatic carbocycles. The van der Waals surface area contributed by atoms with Crippen LogP contribution in [0.1, 0.15) is 43.7 Å². The molecule has 22 heavy (non-hydrogen) atoms. The van der Waals surface area contributed by atoms with Gasteiger partial charge in [0.05, 0.1) is 12.0 Å². The molecule has 4 heteroatoms. The molecule has 2 heterocycles. The molecule has 2 aliphatic rings. The summed E-state index contributed by atoms with van der Waals surface area (Å²) in [5.41, 5.74) is 1.08. The number of hydrogen-bond acceptors (Lipinski definition) is 2. The quantitative estimate of drug-likeness (QED) is 0.847. The predicted molar refractivity (Wildman–Crippen MR) is 90.0 cm³/mol. The normalized spacial score (nSPS) is 27.2. The first kappa shape index (κ1) is 15.8. The molecule has 3 rings (SSSR count). The van der Waals surface area contributed by atoms with Crippen molar-refractivity contribution in [1.29, 1.82) is 0 Å². The first-order valence-electron chi connectivity index (χ1n) is 8.40. The molecule has 0 bridgehead atoms. The molecular weight excluding hydrogens is 296 g/mol. The fourth-order valence-corrected chi connectivity index (χ4v) is 4.10. The zero-order valence-electron chi connectivity index (χ0n) is 13.3. The summed E-state index contributed by atoms with van der Waals surface area (Å²) in [7, 11) is 1.92. The second-order valence-corrected chi connectivity index (χ2v) is 7.04. The van der Waals surface area contributed by atoms with Gasteiger partial charge in [0.25, 0.3) is 0 Å². The average molecular weight is 321 g/mol. The van der Waals surface area contributed by atoms with E-state index in [2.05, 4.69) is 4.90 Å². The predicted octanol–water partition coefficient (Wildman–Crippen LogP) is 3.74. The van der Waals surface area contributed by atoms with E-state index >= 15 is 0 Å². The lowest BCUT2D eigenvalue weighted by molar-refractivity contribution is -0.131. The zero-order valence-corrected chi connectivity index (χ0v) is 14.1. The van der Waals surface area contributed by atoms with Crippen molar-refractivity contribution in [3.05, 3.63) is 34.9 Å². The zero-order chi connectivity index (χ0) is 15.5. The van der Waals surface area contributed by atoms with E-state index in [0.29, 0.717) is 0 Å². The Hall–Kier alpha value is -1.06. The van der Waals surface area contributed by atoms with Gasteiger partial charge in [0.1, 0.15) is 0 Å². The summed E-state index contributed by atoms with van der Waals surface area (Å²) in [5, 5.41) is 0.766. The van der Waals surface area contributed by atoms with Crippen molar-refractivity contribution in [2.24, 2.45) is 5.92 Å². The average Bonchev–Trinajstić information content (AvgIpc) is 2.72. The van der Waals surface area contributed by atoms with E-state index in [1.54, 1.807) is 0 Å².